The third-order valence-corrected chi connectivity index (χ3v) is 2.27. The van der Waals surface area contributed by atoms with Crippen molar-refractivity contribution in [2.75, 3.05) is 6.54 Å². The number of nitrogens with zero attached hydrogens (tertiary/aromatic N) is 2. The minimum Gasteiger partial charge on any atom is -0.330 e. The third kappa shape index (κ3) is 1.37. The summed E-state index contributed by atoms with van der Waals surface area (Å²) in [5, 5.41) is 5.28. The fraction of sp³-hybridized carbons (Fsp3) is 0.300. The Balaban J connectivity index is 2.65. The van der Waals surface area contributed by atoms with Crippen molar-refractivity contribution >= 4 is 10.9 Å². The number of aryl methyl sites for hydroxylation is 1. The van der Waals surface area contributed by atoms with Crippen LogP contribution in [0.5, 0.6) is 0 Å². The molecule has 2 aromatic rings. The molecule has 0 bridgehead atoms. The van der Waals surface area contributed by atoms with E-state index in [1.165, 1.54) is 12.1 Å². The molecule has 0 spiro atoms. The Morgan fingerprint density at radius 1 is 1.50 bits per heavy atom. The van der Waals surface area contributed by atoms with Gasteiger partial charge in [-0.2, -0.15) is 5.10 Å². The third-order valence-electron chi connectivity index (χ3n) is 2.27. The van der Waals surface area contributed by atoms with E-state index in [0.717, 1.165) is 23.0 Å². The van der Waals surface area contributed by atoms with Gasteiger partial charge in [0, 0.05) is 18.9 Å². The summed E-state index contributed by atoms with van der Waals surface area (Å²) < 4.78 is 14.6. The van der Waals surface area contributed by atoms with Crippen molar-refractivity contribution in [2.45, 2.75) is 6.42 Å². The van der Waals surface area contributed by atoms with Crippen LogP contribution >= 0.6 is 0 Å². The Labute approximate surface area is 81.3 Å². The SMILES string of the molecule is Cn1nc(CCN)c2ccc(F)cc21. The Morgan fingerprint density at radius 2 is 2.29 bits per heavy atom. The van der Waals surface area contributed by atoms with Crippen LogP contribution in [0.4, 0.5) is 4.39 Å². The lowest BCUT2D eigenvalue weighted by Crippen LogP contribution is -2.03. The number of aromatic nitrogens is 2. The number of hydrogen-bond donors (Lipinski definition) is 1. The van der Waals surface area contributed by atoms with Crippen LogP contribution in [0, 0.1) is 5.82 Å². The van der Waals surface area contributed by atoms with Crippen molar-refractivity contribution in [3.05, 3.63) is 29.7 Å². The van der Waals surface area contributed by atoms with Crippen molar-refractivity contribution in [1.82, 2.24) is 9.78 Å². The molecule has 0 radical (unpaired) electrons. The molecule has 0 aliphatic rings. The summed E-state index contributed by atoms with van der Waals surface area (Å²) in [5.74, 6) is -0.236. The molecule has 1 aromatic carbocycles. The van der Waals surface area contributed by atoms with Crippen molar-refractivity contribution in [3.8, 4) is 0 Å². The highest BCUT2D eigenvalue weighted by molar-refractivity contribution is 5.82. The van der Waals surface area contributed by atoms with E-state index in [-0.39, 0.29) is 5.82 Å². The predicted molar refractivity (Wildman–Crippen MR) is 53.4 cm³/mol. The minimum absolute atomic E-state index is 0.236. The summed E-state index contributed by atoms with van der Waals surface area (Å²) >= 11 is 0. The summed E-state index contributed by atoms with van der Waals surface area (Å²) in [4.78, 5) is 0. The molecule has 0 unspecified atom stereocenters. The van der Waals surface area contributed by atoms with E-state index in [4.69, 9.17) is 5.73 Å². The first-order valence-corrected chi connectivity index (χ1v) is 4.53. The average molecular weight is 193 g/mol. The number of hydrogen-bond acceptors (Lipinski definition) is 2. The number of benzene rings is 1. The van der Waals surface area contributed by atoms with Gasteiger partial charge < -0.3 is 5.73 Å². The van der Waals surface area contributed by atoms with Gasteiger partial charge in [-0.15, -0.1) is 0 Å². The van der Waals surface area contributed by atoms with Gasteiger partial charge in [-0.3, -0.25) is 4.68 Å². The molecule has 0 saturated heterocycles. The van der Waals surface area contributed by atoms with Gasteiger partial charge in [0.05, 0.1) is 11.2 Å². The van der Waals surface area contributed by atoms with Crippen molar-refractivity contribution in [1.29, 1.82) is 0 Å². The first-order valence-electron chi connectivity index (χ1n) is 4.53. The maximum atomic E-state index is 12.9. The second kappa shape index (κ2) is 3.38. The van der Waals surface area contributed by atoms with Crippen LogP contribution in [0.3, 0.4) is 0 Å². The maximum absolute atomic E-state index is 12.9. The van der Waals surface area contributed by atoms with E-state index in [0.29, 0.717) is 6.54 Å². The molecule has 74 valence electrons. The summed E-state index contributed by atoms with van der Waals surface area (Å²) in [6.45, 7) is 0.559. The van der Waals surface area contributed by atoms with Crippen LogP contribution < -0.4 is 5.73 Å². The van der Waals surface area contributed by atoms with Crippen LogP contribution in [0.15, 0.2) is 18.2 Å². The number of halogens is 1. The topological polar surface area (TPSA) is 43.8 Å². The summed E-state index contributed by atoms with van der Waals surface area (Å²) in [6.07, 6.45) is 0.725. The van der Waals surface area contributed by atoms with Crippen molar-refractivity contribution < 1.29 is 4.39 Å². The second-order valence-electron chi connectivity index (χ2n) is 3.27. The van der Waals surface area contributed by atoms with Gasteiger partial charge in [-0.25, -0.2) is 4.39 Å². The molecule has 4 heteroatoms. The van der Waals surface area contributed by atoms with Crippen LogP contribution in [-0.4, -0.2) is 16.3 Å². The quantitative estimate of drug-likeness (QED) is 0.779. The Kier molecular flexibility index (Phi) is 2.21. The van der Waals surface area contributed by atoms with E-state index < -0.39 is 0 Å². The fourth-order valence-corrected chi connectivity index (χ4v) is 1.63. The lowest BCUT2D eigenvalue weighted by Gasteiger charge is -1.93. The van der Waals surface area contributed by atoms with E-state index >= 15 is 0 Å². The van der Waals surface area contributed by atoms with Gasteiger partial charge in [0.2, 0.25) is 0 Å². The maximum Gasteiger partial charge on any atom is 0.125 e. The molecule has 1 aromatic heterocycles. The molecule has 0 amide bonds. The van der Waals surface area contributed by atoms with Gasteiger partial charge in [-0.05, 0) is 24.7 Å². The number of nitrogens with two attached hydrogens (primary N) is 1. The molecule has 0 atom stereocenters. The molecular formula is C10H12FN3. The summed E-state index contributed by atoms with van der Waals surface area (Å²) in [5.41, 5.74) is 7.22. The van der Waals surface area contributed by atoms with E-state index in [2.05, 4.69) is 5.10 Å². The molecule has 0 aliphatic heterocycles. The Morgan fingerprint density at radius 3 is 3.00 bits per heavy atom. The molecule has 1 heterocycles. The summed E-state index contributed by atoms with van der Waals surface area (Å²) in [7, 11) is 1.81. The van der Waals surface area contributed by atoms with E-state index in [9.17, 15) is 4.39 Å². The fourth-order valence-electron chi connectivity index (χ4n) is 1.63. The summed E-state index contributed by atoms with van der Waals surface area (Å²) in [6, 6.07) is 4.69. The molecule has 0 aliphatic carbocycles. The number of fused-ring (bicyclic) bond motifs is 1. The van der Waals surface area contributed by atoms with Crippen LogP contribution in [0.25, 0.3) is 10.9 Å². The van der Waals surface area contributed by atoms with Crippen molar-refractivity contribution in [2.24, 2.45) is 12.8 Å². The standard InChI is InChI=1S/C10H12FN3/c1-14-10-6-7(11)2-3-8(10)9(13-14)4-5-12/h2-3,6H,4-5,12H2,1H3. The monoisotopic (exact) mass is 193 g/mol. The largest absolute Gasteiger partial charge is 0.330 e. The number of rotatable bonds is 2. The molecule has 2 N–H and O–H groups in total. The second-order valence-corrected chi connectivity index (χ2v) is 3.27. The first kappa shape index (κ1) is 9.15. The van der Waals surface area contributed by atoms with Crippen LogP contribution in [0.2, 0.25) is 0 Å². The highest BCUT2D eigenvalue weighted by Gasteiger charge is 2.07. The minimum atomic E-state index is -0.236. The molecule has 3 nitrogen and oxygen atoms in total. The lowest BCUT2D eigenvalue weighted by atomic mass is 10.1. The van der Waals surface area contributed by atoms with Crippen LogP contribution in [0.1, 0.15) is 5.69 Å². The molecule has 0 fully saturated rings. The van der Waals surface area contributed by atoms with Gasteiger partial charge in [0.1, 0.15) is 5.82 Å². The highest BCUT2D eigenvalue weighted by Crippen LogP contribution is 2.18. The zero-order chi connectivity index (χ0) is 10.1. The zero-order valence-corrected chi connectivity index (χ0v) is 8.00. The van der Waals surface area contributed by atoms with E-state index in [1.807, 2.05) is 7.05 Å². The highest BCUT2D eigenvalue weighted by atomic mass is 19.1. The van der Waals surface area contributed by atoms with Gasteiger partial charge >= 0.3 is 0 Å². The average Bonchev–Trinajstić information content (AvgIpc) is 2.44. The molecule has 14 heavy (non-hydrogen) atoms. The lowest BCUT2D eigenvalue weighted by molar-refractivity contribution is 0.628. The smallest absolute Gasteiger partial charge is 0.125 e. The van der Waals surface area contributed by atoms with Crippen LogP contribution in [-0.2, 0) is 13.5 Å². The van der Waals surface area contributed by atoms with E-state index in [1.54, 1.807) is 10.7 Å². The van der Waals surface area contributed by atoms with Gasteiger partial charge in [0.25, 0.3) is 0 Å². The Bertz CT molecular complexity index is 462. The molecule has 2 rings (SSSR count). The molecule has 0 saturated carbocycles. The first-order chi connectivity index (χ1) is 6.72. The molecular weight excluding hydrogens is 181 g/mol. The van der Waals surface area contributed by atoms with Gasteiger partial charge in [-0.1, -0.05) is 0 Å². The zero-order valence-electron chi connectivity index (χ0n) is 8.00. The van der Waals surface area contributed by atoms with Gasteiger partial charge in [0.15, 0.2) is 0 Å². The van der Waals surface area contributed by atoms with Crippen molar-refractivity contribution in [3.63, 3.8) is 0 Å². The Hall–Kier alpha value is -1.42. The normalized spacial score (nSPS) is 11.1. The predicted octanol–water partition coefficient (Wildman–Crippen LogP) is 1.21.